The normalized spacial score (nSPS) is 11.5. The van der Waals surface area contributed by atoms with Crippen molar-refractivity contribution in [1.82, 2.24) is 0 Å². The molecule has 0 rings (SSSR count). The lowest BCUT2D eigenvalue weighted by Gasteiger charge is -2.29. The molecule has 0 aliphatic heterocycles. The predicted octanol–water partition coefficient (Wildman–Crippen LogP) is 3.90. The summed E-state index contributed by atoms with van der Waals surface area (Å²) in [5.74, 6) is 0. The molecule has 2 nitrogen and oxygen atoms in total. The van der Waals surface area contributed by atoms with Gasteiger partial charge in [0.05, 0.1) is 8.07 Å². The zero-order valence-electron chi connectivity index (χ0n) is 12.0. The molecule has 0 aromatic carbocycles. The molecule has 0 aliphatic rings. The van der Waals surface area contributed by atoms with Crippen molar-refractivity contribution in [1.29, 1.82) is 0 Å². The Kier molecular flexibility index (Phi) is 10.2. The van der Waals surface area contributed by atoms with E-state index < -0.39 is 17.4 Å². The molecule has 0 saturated heterocycles. The second-order valence-electron chi connectivity index (χ2n) is 4.77. The quantitative estimate of drug-likeness (QED) is 0.400. The van der Waals surface area contributed by atoms with Gasteiger partial charge in [0, 0.05) is 14.2 Å². The summed E-state index contributed by atoms with van der Waals surface area (Å²) >= 11 is 0. The van der Waals surface area contributed by atoms with Gasteiger partial charge in [-0.1, -0.05) is 30.7 Å². The lowest BCUT2D eigenvalue weighted by atomic mass is 10.6. The maximum absolute atomic E-state index is 5.37. The molecule has 0 spiro atoms. The van der Waals surface area contributed by atoms with Crippen LogP contribution < -0.4 is 0 Å². The summed E-state index contributed by atoms with van der Waals surface area (Å²) in [6.45, 7) is 11.7. The summed E-state index contributed by atoms with van der Waals surface area (Å²) in [5.41, 5.74) is 0. The van der Waals surface area contributed by atoms with Crippen molar-refractivity contribution in [2.24, 2.45) is 0 Å². The zero-order valence-corrected chi connectivity index (χ0v) is 14.1. The highest BCUT2D eigenvalue weighted by Gasteiger charge is 2.28. The van der Waals surface area contributed by atoms with E-state index in [9.17, 15) is 0 Å². The minimum absolute atomic E-state index is 1.09. The third kappa shape index (κ3) is 6.49. The lowest BCUT2D eigenvalue weighted by Crippen LogP contribution is -2.32. The Bertz CT molecular complexity index is 224. The van der Waals surface area contributed by atoms with Crippen molar-refractivity contribution in [3.05, 3.63) is 38.0 Å². The highest BCUT2D eigenvalue weighted by atomic mass is 28.3. The standard InChI is InChI=1S/C14H28O2Si2/c1-6-11-18(12-7-2,13-8-3)14-9-10-17(15-4)16-5/h6-8,17H,1-3,9-14H2,4-5H3. The zero-order chi connectivity index (χ0) is 13.9. The molecule has 0 N–H and O–H groups in total. The third-order valence-corrected chi connectivity index (χ3v) is 10.2. The number of hydrogen-bond acceptors (Lipinski definition) is 2. The molecule has 4 heteroatoms. The average molecular weight is 285 g/mol. The summed E-state index contributed by atoms with van der Waals surface area (Å²) in [7, 11) is 0.777. The summed E-state index contributed by atoms with van der Waals surface area (Å²) in [4.78, 5) is 0. The average Bonchev–Trinajstić information content (AvgIpc) is 2.36. The van der Waals surface area contributed by atoms with Gasteiger partial charge in [0.1, 0.15) is 0 Å². The first-order valence-electron chi connectivity index (χ1n) is 6.56. The molecule has 0 amide bonds. The SMILES string of the molecule is C=CC[Si](CC=C)(CC=C)CCC[SiH](OC)OC. The van der Waals surface area contributed by atoms with Crippen LogP contribution >= 0.6 is 0 Å². The molecule has 0 aromatic rings. The van der Waals surface area contributed by atoms with Crippen LogP contribution in [0.4, 0.5) is 0 Å². The molecule has 0 saturated carbocycles. The van der Waals surface area contributed by atoms with Gasteiger partial charge in [-0.2, -0.15) is 0 Å². The third-order valence-electron chi connectivity index (χ3n) is 3.40. The van der Waals surface area contributed by atoms with Gasteiger partial charge in [-0.05, 0) is 24.2 Å². The fraction of sp³-hybridized carbons (Fsp3) is 0.571. The van der Waals surface area contributed by atoms with Gasteiger partial charge in [-0.25, -0.2) is 0 Å². The molecule has 0 unspecified atom stereocenters. The van der Waals surface area contributed by atoms with E-state index in [0.29, 0.717) is 0 Å². The van der Waals surface area contributed by atoms with E-state index in [1.54, 1.807) is 14.2 Å². The Morgan fingerprint density at radius 1 is 0.944 bits per heavy atom. The van der Waals surface area contributed by atoms with Crippen molar-refractivity contribution >= 4 is 17.4 Å². The predicted molar refractivity (Wildman–Crippen MR) is 86.2 cm³/mol. The lowest BCUT2D eigenvalue weighted by molar-refractivity contribution is 0.277. The van der Waals surface area contributed by atoms with E-state index in [2.05, 4.69) is 38.0 Å². The maximum Gasteiger partial charge on any atom is 0.320 e. The number of hydrogen-bond donors (Lipinski definition) is 0. The monoisotopic (exact) mass is 284 g/mol. The topological polar surface area (TPSA) is 18.5 Å². The minimum Gasteiger partial charge on any atom is -0.400 e. The first-order chi connectivity index (χ1) is 8.67. The fourth-order valence-electron chi connectivity index (χ4n) is 2.45. The van der Waals surface area contributed by atoms with Gasteiger partial charge in [0.2, 0.25) is 0 Å². The van der Waals surface area contributed by atoms with E-state index in [4.69, 9.17) is 8.85 Å². The molecule has 104 valence electrons. The van der Waals surface area contributed by atoms with Gasteiger partial charge < -0.3 is 8.85 Å². The van der Waals surface area contributed by atoms with Gasteiger partial charge in [0.25, 0.3) is 0 Å². The molecular formula is C14H28O2Si2. The van der Waals surface area contributed by atoms with E-state index in [1.807, 2.05) is 0 Å². The fourth-order valence-corrected chi connectivity index (χ4v) is 7.96. The summed E-state index contributed by atoms with van der Waals surface area (Å²) in [6.07, 6.45) is 7.41. The van der Waals surface area contributed by atoms with Gasteiger partial charge >= 0.3 is 9.28 Å². The smallest absolute Gasteiger partial charge is 0.320 e. The highest BCUT2D eigenvalue weighted by molar-refractivity contribution is 6.81. The molecule has 0 fully saturated rings. The van der Waals surface area contributed by atoms with Gasteiger partial charge in [-0.3, -0.25) is 0 Å². The number of allylic oxidation sites excluding steroid dienone is 3. The van der Waals surface area contributed by atoms with E-state index >= 15 is 0 Å². The first-order valence-corrected chi connectivity index (χ1v) is 11.1. The Labute approximate surface area is 115 Å². The van der Waals surface area contributed by atoms with Crippen LogP contribution in [0.1, 0.15) is 6.42 Å². The van der Waals surface area contributed by atoms with Crippen molar-refractivity contribution in [2.75, 3.05) is 14.2 Å². The van der Waals surface area contributed by atoms with Crippen LogP contribution in [-0.4, -0.2) is 31.6 Å². The van der Waals surface area contributed by atoms with Crippen LogP contribution in [0.2, 0.25) is 30.2 Å². The van der Waals surface area contributed by atoms with Crippen LogP contribution in [0.15, 0.2) is 38.0 Å². The minimum atomic E-state index is -1.40. The van der Waals surface area contributed by atoms with Crippen LogP contribution in [0.25, 0.3) is 0 Å². The van der Waals surface area contributed by atoms with Crippen molar-refractivity contribution < 1.29 is 8.85 Å². The highest BCUT2D eigenvalue weighted by Crippen LogP contribution is 2.29. The maximum atomic E-state index is 5.37. The molecule has 0 radical (unpaired) electrons. The Morgan fingerprint density at radius 3 is 1.72 bits per heavy atom. The van der Waals surface area contributed by atoms with E-state index in [0.717, 1.165) is 24.2 Å². The summed E-state index contributed by atoms with van der Waals surface area (Å²) in [5, 5.41) is 0. The first kappa shape index (κ1) is 17.6. The van der Waals surface area contributed by atoms with Gasteiger partial charge in [0.15, 0.2) is 0 Å². The second kappa shape index (κ2) is 10.5. The van der Waals surface area contributed by atoms with E-state index in [1.165, 1.54) is 12.5 Å². The van der Waals surface area contributed by atoms with Gasteiger partial charge in [-0.15, -0.1) is 19.7 Å². The van der Waals surface area contributed by atoms with Crippen molar-refractivity contribution in [3.63, 3.8) is 0 Å². The van der Waals surface area contributed by atoms with Crippen molar-refractivity contribution in [3.8, 4) is 0 Å². The van der Waals surface area contributed by atoms with Crippen molar-refractivity contribution in [2.45, 2.75) is 36.6 Å². The molecule has 0 atom stereocenters. The molecule has 18 heavy (non-hydrogen) atoms. The largest absolute Gasteiger partial charge is 0.400 e. The molecule has 0 aromatic heterocycles. The number of rotatable bonds is 12. The summed E-state index contributed by atoms with van der Waals surface area (Å²) in [6, 6.07) is 5.83. The van der Waals surface area contributed by atoms with Crippen LogP contribution in [0, 0.1) is 0 Å². The summed E-state index contributed by atoms with van der Waals surface area (Å²) < 4.78 is 10.7. The van der Waals surface area contributed by atoms with E-state index in [-0.39, 0.29) is 0 Å². The van der Waals surface area contributed by atoms with Crippen LogP contribution in [0.3, 0.4) is 0 Å². The molecular weight excluding hydrogens is 256 g/mol. The Morgan fingerprint density at radius 2 is 1.39 bits per heavy atom. The Balaban J connectivity index is 4.41. The molecule has 0 aliphatic carbocycles. The molecule has 0 bridgehead atoms. The van der Waals surface area contributed by atoms with Crippen LogP contribution in [0.5, 0.6) is 0 Å². The second-order valence-corrected chi connectivity index (χ2v) is 11.9. The molecule has 0 heterocycles. The van der Waals surface area contributed by atoms with Crippen LogP contribution in [-0.2, 0) is 8.85 Å². The Hall–Kier alpha value is -0.426.